The van der Waals surface area contributed by atoms with E-state index in [1.165, 1.54) is 11.1 Å². The Bertz CT molecular complexity index is 822. The maximum absolute atomic E-state index is 9.36. The van der Waals surface area contributed by atoms with Crippen LogP contribution in [-0.2, 0) is 16.9 Å². The molecule has 3 nitrogen and oxygen atoms in total. The van der Waals surface area contributed by atoms with Crippen molar-refractivity contribution in [1.29, 1.82) is 5.26 Å². The molecular formula is C24H28N2O. The molecular weight excluding hydrogens is 332 g/mol. The lowest BCUT2D eigenvalue weighted by molar-refractivity contribution is -0.0686. The highest BCUT2D eigenvalue weighted by molar-refractivity contribution is 5.41. The molecule has 1 aliphatic carbocycles. The molecule has 1 saturated carbocycles. The van der Waals surface area contributed by atoms with Crippen molar-refractivity contribution in [3.63, 3.8) is 0 Å². The molecule has 3 rings (SSSR count). The number of hydrogen-bond donors (Lipinski definition) is 1. The summed E-state index contributed by atoms with van der Waals surface area (Å²) in [5.74, 6) is 0.352. The van der Waals surface area contributed by atoms with Gasteiger partial charge < -0.3 is 10.1 Å². The molecule has 0 bridgehead atoms. The summed E-state index contributed by atoms with van der Waals surface area (Å²) in [6, 6.07) is 20.6. The zero-order chi connectivity index (χ0) is 19.1. The van der Waals surface area contributed by atoms with Crippen LogP contribution in [0.3, 0.4) is 0 Å². The van der Waals surface area contributed by atoms with Crippen molar-refractivity contribution in [2.45, 2.75) is 45.3 Å². The Morgan fingerprint density at radius 1 is 1.22 bits per heavy atom. The summed E-state index contributed by atoms with van der Waals surface area (Å²) in [6.45, 7) is 5.74. The summed E-state index contributed by atoms with van der Waals surface area (Å²) >= 11 is 0. The second-order valence-corrected chi connectivity index (χ2v) is 7.19. The summed E-state index contributed by atoms with van der Waals surface area (Å²) in [5.41, 5.74) is 3.83. The molecule has 0 aliphatic heterocycles. The van der Waals surface area contributed by atoms with Crippen molar-refractivity contribution in [3.8, 4) is 6.07 Å². The van der Waals surface area contributed by atoms with Crippen LogP contribution in [-0.4, -0.2) is 6.61 Å². The van der Waals surface area contributed by atoms with Crippen LogP contribution < -0.4 is 5.32 Å². The number of hydrogen-bond acceptors (Lipinski definition) is 3. The third-order valence-electron chi connectivity index (χ3n) is 5.47. The second-order valence-electron chi connectivity index (χ2n) is 7.19. The molecule has 1 N–H and O–H groups in total. The van der Waals surface area contributed by atoms with E-state index in [2.05, 4.69) is 54.8 Å². The van der Waals surface area contributed by atoms with Crippen molar-refractivity contribution in [2.24, 2.45) is 5.92 Å². The number of nitrogens with zero attached hydrogens (tertiary/aromatic N) is 1. The molecule has 0 amide bonds. The number of rotatable bonds is 6. The molecule has 1 aliphatic rings. The molecule has 0 spiro atoms. The zero-order valence-corrected chi connectivity index (χ0v) is 16.2. The van der Waals surface area contributed by atoms with Crippen LogP contribution >= 0.6 is 0 Å². The Morgan fingerprint density at radius 2 is 2.04 bits per heavy atom. The first kappa shape index (κ1) is 19.2. The van der Waals surface area contributed by atoms with Gasteiger partial charge in [-0.25, -0.2) is 0 Å². The van der Waals surface area contributed by atoms with Gasteiger partial charge in [0, 0.05) is 13.2 Å². The van der Waals surface area contributed by atoms with E-state index in [-0.39, 0.29) is 0 Å². The van der Waals surface area contributed by atoms with Gasteiger partial charge in [-0.15, -0.1) is 0 Å². The Balaban J connectivity index is 1.95. The highest BCUT2D eigenvalue weighted by Crippen LogP contribution is 2.48. The molecule has 3 heteroatoms. The summed E-state index contributed by atoms with van der Waals surface area (Å²) in [5, 5.41) is 12.9. The fourth-order valence-corrected chi connectivity index (χ4v) is 4.21. The van der Waals surface area contributed by atoms with Gasteiger partial charge in [0.1, 0.15) is 5.60 Å². The Labute approximate surface area is 162 Å². The van der Waals surface area contributed by atoms with Gasteiger partial charge in [-0.3, -0.25) is 0 Å². The Morgan fingerprint density at radius 3 is 2.78 bits per heavy atom. The minimum atomic E-state index is -0.469. The number of ether oxygens (including phenoxy) is 1. The molecule has 2 unspecified atom stereocenters. The average Bonchev–Trinajstić information content (AvgIpc) is 2.71. The lowest BCUT2D eigenvalue weighted by atomic mass is 9.69. The van der Waals surface area contributed by atoms with Crippen molar-refractivity contribution in [1.82, 2.24) is 5.32 Å². The van der Waals surface area contributed by atoms with Gasteiger partial charge in [0.05, 0.1) is 11.6 Å². The lowest BCUT2D eigenvalue weighted by Crippen LogP contribution is -2.42. The SMILES string of the molecule is CCOC1(c2cccc(C#N)c2)/C(=C/NCc2ccccc2)CCCC1C. The number of nitriles is 1. The van der Waals surface area contributed by atoms with Gasteiger partial charge in [0.2, 0.25) is 0 Å². The standard InChI is InChI=1S/C24H28N2O/c1-3-27-24(22-13-8-12-21(15-22)16-25)19(2)9-7-14-23(24)18-26-17-20-10-5-4-6-11-20/h4-6,8,10-13,15,18-19,26H,3,7,9,14,17H2,1-2H3/b23-18+. The molecule has 2 aromatic rings. The molecule has 2 aromatic carbocycles. The number of benzene rings is 2. The van der Waals surface area contributed by atoms with Crippen LogP contribution in [0, 0.1) is 17.2 Å². The van der Waals surface area contributed by atoms with E-state index in [4.69, 9.17) is 4.74 Å². The van der Waals surface area contributed by atoms with Crippen molar-refractivity contribution in [3.05, 3.63) is 83.1 Å². The predicted molar refractivity (Wildman–Crippen MR) is 109 cm³/mol. The molecule has 0 radical (unpaired) electrons. The van der Waals surface area contributed by atoms with Crippen LogP contribution in [0.15, 0.2) is 66.4 Å². The van der Waals surface area contributed by atoms with E-state index in [1.54, 1.807) is 0 Å². The smallest absolute Gasteiger partial charge is 0.118 e. The van der Waals surface area contributed by atoms with Gasteiger partial charge in [0.25, 0.3) is 0 Å². The highest BCUT2D eigenvalue weighted by atomic mass is 16.5. The molecule has 0 aromatic heterocycles. The van der Waals surface area contributed by atoms with Crippen LogP contribution in [0.1, 0.15) is 49.8 Å². The number of nitrogens with one attached hydrogen (secondary N) is 1. The predicted octanol–water partition coefficient (Wildman–Crippen LogP) is 5.28. The van der Waals surface area contributed by atoms with Crippen LogP contribution in [0.25, 0.3) is 0 Å². The average molecular weight is 361 g/mol. The summed E-state index contributed by atoms with van der Waals surface area (Å²) < 4.78 is 6.47. The lowest BCUT2D eigenvalue weighted by Gasteiger charge is -2.45. The van der Waals surface area contributed by atoms with Gasteiger partial charge in [-0.05, 0) is 67.1 Å². The maximum atomic E-state index is 9.36. The monoisotopic (exact) mass is 360 g/mol. The normalized spacial score (nSPS) is 23.7. The van der Waals surface area contributed by atoms with E-state index < -0.39 is 5.60 Å². The van der Waals surface area contributed by atoms with Crippen LogP contribution in [0.4, 0.5) is 0 Å². The van der Waals surface area contributed by atoms with E-state index in [0.29, 0.717) is 18.1 Å². The fourth-order valence-electron chi connectivity index (χ4n) is 4.21. The topological polar surface area (TPSA) is 45.0 Å². The summed E-state index contributed by atoms with van der Waals surface area (Å²) in [4.78, 5) is 0. The zero-order valence-electron chi connectivity index (χ0n) is 16.2. The van der Waals surface area contributed by atoms with Gasteiger partial charge in [-0.1, -0.05) is 49.4 Å². The first-order valence-electron chi connectivity index (χ1n) is 9.82. The molecule has 2 atom stereocenters. The largest absolute Gasteiger partial charge is 0.387 e. The molecule has 1 fully saturated rings. The van der Waals surface area contributed by atoms with E-state index in [0.717, 1.165) is 31.4 Å². The van der Waals surface area contributed by atoms with Gasteiger partial charge >= 0.3 is 0 Å². The quantitative estimate of drug-likeness (QED) is 0.762. The molecule has 0 heterocycles. The molecule has 140 valence electrons. The highest BCUT2D eigenvalue weighted by Gasteiger charge is 2.44. The first-order valence-corrected chi connectivity index (χ1v) is 9.82. The molecule has 27 heavy (non-hydrogen) atoms. The Kier molecular flexibility index (Phi) is 6.32. The van der Waals surface area contributed by atoms with Crippen molar-refractivity contribution < 1.29 is 4.74 Å². The van der Waals surface area contributed by atoms with Crippen molar-refractivity contribution in [2.75, 3.05) is 6.61 Å². The summed E-state index contributed by atoms with van der Waals surface area (Å²) in [6.07, 6.45) is 5.43. The van der Waals surface area contributed by atoms with E-state index >= 15 is 0 Å². The van der Waals surface area contributed by atoms with Crippen molar-refractivity contribution >= 4 is 0 Å². The minimum absolute atomic E-state index is 0.352. The second kappa shape index (κ2) is 8.88. The first-order chi connectivity index (χ1) is 13.2. The third kappa shape index (κ3) is 4.07. The maximum Gasteiger partial charge on any atom is 0.118 e. The van der Waals surface area contributed by atoms with Crippen LogP contribution in [0.5, 0.6) is 0 Å². The Hall–Kier alpha value is -2.57. The van der Waals surface area contributed by atoms with E-state index in [9.17, 15) is 5.26 Å². The summed E-state index contributed by atoms with van der Waals surface area (Å²) in [7, 11) is 0. The van der Waals surface area contributed by atoms with Gasteiger partial charge in [-0.2, -0.15) is 5.26 Å². The fraction of sp³-hybridized carbons (Fsp3) is 0.375. The van der Waals surface area contributed by atoms with Crippen LogP contribution in [0.2, 0.25) is 0 Å². The van der Waals surface area contributed by atoms with Gasteiger partial charge in [0.15, 0.2) is 0 Å². The van der Waals surface area contributed by atoms with E-state index in [1.807, 2.05) is 31.2 Å². The third-order valence-corrected chi connectivity index (χ3v) is 5.47. The minimum Gasteiger partial charge on any atom is -0.387 e. The molecule has 0 saturated heterocycles.